The lowest BCUT2D eigenvalue weighted by atomic mass is 10.1. The number of carboxylic acids is 2. The van der Waals surface area contributed by atoms with Crippen molar-refractivity contribution in [3.05, 3.63) is 0 Å². The highest BCUT2D eigenvalue weighted by Gasteiger charge is 2.31. The monoisotopic (exact) mass is 348 g/mol. The molecule has 0 heterocycles. The quantitative estimate of drug-likeness (QED) is 0.204. The molecule has 0 aliphatic heterocycles. The molecule has 4 atom stereocenters. The molecule has 0 unspecified atom stereocenters. The summed E-state index contributed by atoms with van der Waals surface area (Å²) in [6.45, 7) is 1.11. The third-order valence-electron chi connectivity index (χ3n) is 2.82. The van der Waals surface area contributed by atoms with E-state index in [4.69, 9.17) is 21.7 Å². The number of primary amides is 1. The molecule has 0 spiro atoms. The van der Waals surface area contributed by atoms with Gasteiger partial charge in [-0.1, -0.05) is 0 Å². The summed E-state index contributed by atoms with van der Waals surface area (Å²) in [6, 6.07) is -4.74. The largest absolute Gasteiger partial charge is 0.481 e. The Labute approximate surface area is 136 Å². The van der Waals surface area contributed by atoms with Crippen LogP contribution in [0.2, 0.25) is 0 Å². The number of rotatable bonds is 10. The lowest BCUT2D eigenvalue weighted by Crippen LogP contribution is -2.57. The minimum atomic E-state index is -1.68. The Morgan fingerprint density at radius 1 is 1.00 bits per heavy atom. The van der Waals surface area contributed by atoms with E-state index in [1.807, 2.05) is 10.6 Å². The molecule has 0 bridgehead atoms. The van der Waals surface area contributed by atoms with Gasteiger partial charge in [0, 0.05) is 0 Å². The van der Waals surface area contributed by atoms with Crippen LogP contribution in [0.1, 0.15) is 19.8 Å². The van der Waals surface area contributed by atoms with Crippen LogP contribution in [0.5, 0.6) is 0 Å². The van der Waals surface area contributed by atoms with Crippen LogP contribution < -0.4 is 22.1 Å². The van der Waals surface area contributed by atoms with Gasteiger partial charge in [0.05, 0.1) is 25.0 Å². The van der Waals surface area contributed by atoms with E-state index >= 15 is 0 Å². The van der Waals surface area contributed by atoms with E-state index in [1.54, 1.807) is 0 Å². The molecule has 0 saturated carbocycles. The van der Waals surface area contributed by atoms with Gasteiger partial charge in [0.1, 0.15) is 6.04 Å². The maximum atomic E-state index is 12.0. The molecule has 0 aromatic rings. The number of hydrogen-bond donors (Lipinski definition) is 7. The third-order valence-corrected chi connectivity index (χ3v) is 2.82. The fourth-order valence-corrected chi connectivity index (χ4v) is 1.61. The molecule has 0 radical (unpaired) electrons. The van der Waals surface area contributed by atoms with Crippen molar-refractivity contribution in [3.63, 3.8) is 0 Å². The number of nitrogens with one attached hydrogen (secondary N) is 2. The molecule has 0 saturated heterocycles. The zero-order chi connectivity index (χ0) is 19.0. The normalized spacial score (nSPS) is 15.5. The smallest absolute Gasteiger partial charge is 0.328 e. The van der Waals surface area contributed by atoms with Crippen molar-refractivity contribution in [3.8, 4) is 0 Å². The number of aliphatic carboxylic acids is 2. The number of nitrogens with two attached hydrogens (primary N) is 2. The fraction of sp³-hybridized carbons (Fsp3) is 0.583. The molecule has 136 valence electrons. The highest BCUT2D eigenvalue weighted by Crippen LogP contribution is 1.99. The Hall–Kier alpha value is -2.73. The standard InChI is InChI=1S/C12H20N4O8/c1-4(17)9(12(23)24)16-11(22)6(3-7(14)18)15-10(21)5(13)2-8(19)20/h4-6,9,17H,2-3,13H2,1H3,(H2,14,18)(H,15,21)(H,16,22)(H,19,20)(H,23,24)/t4-,5+,6+,9+/m1/s1. The molecular weight excluding hydrogens is 328 g/mol. The summed E-state index contributed by atoms with van der Waals surface area (Å²) in [5.41, 5.74) is 10.3. The van der Waals surface area contributed by atoms with E-state index in [9.17, 15) is 29.1 Å². The van der Waals surface area contributed by atoms with E-state index in [-0.39, 0.29) is 0 Å². The molecule has 0 aliphatic carbocycles. The van der Waals surface area contributed by atoms with Gasteiger partial charge in [-0.15, -0.1) is 0 Å². The molecule has 0 fully saturated rings. The van der Waals surface area contributed by atoms with Crippen LogP contribution in [-0.4, -0.2) is 69.2 Å². The van der Waals surface area contributed by atoms with E-state index in [2.05, 4.69) is 0 Å². The van der Waals surface area contributed by atoms with Crippen LogP contribution in [0.3, 0.4) is 0 Å². The molecule has 0 aliphatic rings. The van der Waals surface area contributed by atoms with Crippen LogP contribution in [0, 0.1) is 0 Å². The molecule has 9 N–H and O–H groups in total. The van der Waals surface area contributed by atoms with Gasteiger partial charge in [-0.2, -0.15) is 0 Å². The van der Waals surface area contributed by atoms with Gasteiger partial charge in [0.25, 0.3) is 0 Å². The van der Waals surface area contributed by atoms with Crippen molar-refractivity contribution in [1.82, 2.24) is 10.6 Å². The minimum absolute atomic E-state index is 0.677. The number of aliphatic hydroxyl groups is 1. The number of hydrogen-bond acceptors (Lipinski definition) is 7. The molecule has 12 heteroatoms. The van der Waals surface area contributed by atoms with Gasteiger partial charge in [-0.25, -0.2) is 4.79 Å². The molecule has 12 nitrogen and oxygen atoms in total. The maximum absolute atomic E-state index is 12.0. The summed E-state index contributed by atoms with van der Waals surface area (Å²) in [4.78, 5) is 56.2. The first-order chi connectivity index (χ1) is 11.0. The van der Waals surface area contributed by atoms with E-state index in [0.717, 1.165) is 6.92 Å². The van der Waals surface area contributed by atoms with Crippen molar-refractivity contribution >= 4 is 29.7 Å². The number of carbonyl (C=O) groups is 5. The van der Waals surface area contributed by atoms with Crippen molar-refractivity contribution in [2.24, 2.45) is 11.5 Å². The molecule has 0 rings (SSSR count). The Morgan fingerprint density at radius 2 is 1.54 bits per heavy atom. The molecule has 24 heavy (non-hydrogen) atoms. The topological polar surface area (TPSA) is 222 Å². The first-order valence-corrected chi connectivity index (χ1v) is 6.73. The Bertz CT molecular complexity index is 521. The first kappa shape index (κ1) is 21.3. The zero-order valence-corrected chi connectivity index (χ0v) is 12.8. The second kappa shape index (κ2) is 9.42. The first-order valence-electron chi connectivity index (χ1n) is 6.73. The third kappa shape index (κ3) is 7.51. The highest BCUT2D eigenvalue weighted by atomic mass is 16.4. The summed E-state index contributed by atoms with van der Waals surface area (Å²) in [5, 5.41) is 30.7. The van der Waals surface area contributed by atoms with Crippen LogP contribution in [0.25, 0.3) is 0 Å². The van der Waals surface area contributed by atoms with Crippen LogP contribution in [-0.2, 0) is 24.0 Å². The Morgan fingerprint density at radius 3 is 1.92 bits per heavy atom. The second-order valence-electron chi connectivity index (χ2n) is 5.00. The zero-order valence-electron chi connectivity index (χ0n) is 12.8. The molecular formula is C12H20N4O8. The van der Waals surface area contributed by atoms with Crippen LogP contribution in [0.15, 0.2) is 0 Å². The predicted molar refractivity (Wildman–Crippen MR) is 77.2 cm³/mol. The summed E-state index contributed by atoms with van der Waals surface area (Å²) in [7, 11) is 0. The maximum Gasteiger partial charge on any atom is 0.328 e. The summed E-state index contributed by atoms with van der Waals surface area (Å²) in [6.07, 6.45) is -2.85. The molecule has 0 aromatic heterocycles. The lowest BCUT2D eigenvalue weighted by Gasteiger charge is -2.23. The van der Waals surface area contributed by atoms with E-state index in [0.29, 0.717) is 0 Å². The van der Waals surface area contributed by atoms with Gasteiger partial charge >= 0.3 is 11.9 Å². The van der Waals surface area contributed by atoms with Crippen molar-refractivity contribution < 1.29 is 39.3 Å². The number of carbonyl (C=O) groups excluding carboxylic acids is 3. The van der Waals surface area contributed by atoms with Crippen molar-refractivity contribution in [2.45, 2.75) is 44.0 Å². The van der Waals surface area contributed by atoms with Gasteiger partial charge in [-0.05, 0) is 6.92 Å². The van der Waals surface area contributed by atoms with E-state index < -0.39 is 66.7 Å². The van der Waals surface area contributed by atoms with Gasteiger partial charge in [-0.3, -0.25) is 19.2 Å². The van der Waals surface area contributed by atoms with Crippen molar-refractivity contribution in [1.29, 1.82) is 0 Å². The van der Waals surface area contributed by atoms with E-state index in [1.165, 1.54) is 0 Å². The Kier molecular flexibility index (Phi) is 8.35. The summed E-state index contributed by atoms with van der Waals surface area (Å²) >= 11 is 0. The highest BCUT2D eigenvalue weighted by molar-refractivity contribution is 5.95. The van der Waals surface area contributed by atoms with Crippen LogP contribution >= 0.6 is 0 Å². The summed E-state index contributed by atoms with van der Waals surface area (Å²) < 4.78 is 0. The van der Waals surface area contributed by atoms with Crippen molar-refractivity contribution in [2.75, 3.05) is 0 Å². The minimum Gasteiger partial charge on any atom is -0.481 e. The summed E-state index contributed by atoms with van der Waals surface area (Å²) in [5.74, 6) is -6.01. The Balaban J connectivity index is 5.08. The van der Waals surface area contributed by atoms with Gasteiger partial charge in [0.15, 0.2) is 6.04 Å². The van der Waals surface area contributed by atoms with Gasteiger partial charge < -0.3 is 37.4 Å². The second-order valence-corrected chi connectivity index (χ2v) is 5.00. The number of amides is 3. The fourth-order valence-electron chi connectivity index (χ4n) is 1.61. The number of aliphatic hydroxyl groups excluding tert-OH is 1. The lowest BCUT2D eigenvalue weighted by molar-refractivity contribution is -0.145. The average molecular weight is 348 g/mol. The van der Waals surface area contributed by atoms with Crippen LogP contribution in [0.4, 0.5) is 0 Å². The average Bonchev–Trinajstić information content (AvgIpc) is 2.41. The molecule has 0 aromatic carbocycles. The number of carboxylic acid groups (broad SMARTS) is 2. The SMILES string of the molecule is C[C@@H](O)[C@H](NC(=O)[C@H](CC(N)=O)NC(=O)[C@@H](N)CC(=O)O)C(=O)O. The predicted octanol–water partition coefficient (Wildman–Crippen LogP) is -3.90. The molecule has 3 amide bonds. The van der Waals surface area contributed by atoms with Gasteiger partial charge in [0.2, 0.25) is 17.7 Å².